The van der Waals surface area contributed by atoms with Crippen molar-refractivity contribution in [1.29, 1.82) is 0 Å². The minimum atomic E-state index is -1.01. The van der Waals surface area contributed by atoms with Gasteiger partial charge in [-0.15, -0.1) is 0 Å². The van der Waals surface area contributed by atoms with Crippen molar-refractivity contribution < 1.29 is 14.6 Å². The first-order chi connectivity index (χ1) is 15.8. The SMILES string of the molecule is Cc1cc([C@@H](C)Nc2ccccc2C(=O)O)c2nc(OCc3ccccc3)c(C)c(=O)n2c1. The summed E-state index contributed by atoms with van der Waals surface area (Å²) in [6, 6.07) is 18.0. The number of carboxylic acids is 1. The van der Waals surface area contributed by atoms with Crippen molar-refractivity contribution in [3.63, 3.8) is 0 Å². The number of pyridine rings is 1. The second-order valence-corrected chi connectivity index (χ2v) is 8.00. The zero-order valence-corrected chi connectivity index (χ0v) is 18.7. The molecule has 0 radical (unpaired) electrons. The van der Waals surface area contributed by atoms with Gasteiger partial charge in [0.15, 0.2) is 0 Å². The van der Waals surface area contributed by atoms with Crippen LogP contribution in [-0.4, -0.2) is 20.5 Å². The Morgan fingerprint density at radius 2 is 1.82 bits per heavy atom. The van der Waals surface area contributed by atoms with Crippen LogP contribution in [0.1, 0.15) is 45.6 Å². The maximum Gasteiger partial charge on any atom is 0.337 e. The number of carbonyl (C=O) groups is 1. The summed E-state index contributed by atoms with van der Waals surface area (Å²) in [6.07, 6.45) is 1.75. The average molecular weight is 444 g/mol. The number of hydrogen-bond acceptors (Lipinski definition) is 5. The summed E-state index contributed by atoms with van der Waals surface area (Å²) in [7, 11) is 0. The molecular weight excluding hydrogens is 418 g/mol. The van der Waals surface area contributed by atoms with Crippen molar-refractivity contribution in [3.05, 3.63) is 105 Å². The van der Waals surface area contributed by atoms with E-state index in [0.29, 0.717) is 23.5 Å². The summed E-state index contributed by atoms with van der Waals surface area (Å²) in [6.45, 7) is 5.81. The van der Waals surface area contributed by atoms with E-state index in [1.54, 1.807) is 37.4 Å². The Labute approximate surface area is 191 Å². The molecular formula is C26H25N3O4. The summed E-state index contributed by atoms with van der Waals surface area (Å²) >= 11 is 0. The number of hydrogen-bond donors (Lipinski definition) is 2. The number of fused-ring (bicyclic) bond motifs is 1. The van der Waals surface area contributed by atoms with Crippen molar-refractivity contribution in [3.8, 4) is 5.88 Å². The monoisotopic (exact) mass is 443 g/mol. The molecule has 0 saturated carbocycles. The Kier molecular flexibility index (Phi) is 6.13. The lowest BCUT2D eigenvalue weighted by molar-refractivity contribution is 0.0698. The lowest BCUT2D eigenvalue weighted by Crippen LogP contribution is -2.22. The van der Waals surface area contributed by atoms with Crippen molar-refractivity contribution in [2.75, 3.05) is 5.32 Å². The Morgan fingerprint density at radius 3 is 2.55 bits per heavy atom. The van der Waals surface area contributed by atoms with Crippen molar-refractivity contribution in [2.45, 2.75) is 33.4 Å². The summed E-state index contributed by atoms with van der Waals surface area (Å²) < 4.78 is 7.45. The van der Waals surface area contributed by atoms with Crippen LogP contribution in [0.15, 0.2) is 71.7 Å². The van der Waals surface area contributed by atoms with Gasteiger partial charge < -0.3 is 15.2 Å². The normalized spacial score (nSPS) is 11.8. The van der Waals surface area contributed by atoms with Crippen molar-refractivity contribution >= 4 is 17.3 Å². The third kappa shape index (κ3) is 4.57. The molecule has 4 rings (SSSR count). The summed E-state index contributed by atoms with van der Waals surface area (Å²) in [5.74, 6) is -0.729. The zero-order chi connectivity index (χ0) is 23.5. The third-order valence-electron chi connectivity index (χ3n) is 5.48. The van der Waals surface area contributed by atoms with Gasteiger partial charge in [0.05, 0.1) is 17.2 Å². The van der Waals surface area contributed by atoms with Gasteiger partial charge in [-0.05, 0) is 50.1 Å². The fraction of sp³-hybridized carbons (Fsp3) is 0.192. The predicted molar refractivity (Wildman–Crippen MR) is 127 cm³/mol. The minimum absolute atomic E-state index is 0.175. The van der Waals surface area contributed by atoms with Gasteiger partial charge in [-0.25, -0.2) is 4.79 Å². The van der Waals surface area contributed by atoms with Crippen LogP contribution in [0.3, 0.4) is 0 Å². The average Bonchev–Trinajstić information content (AvgIpc) is 2.81. The molecule has 0 fully saturated rings. The second kappa shape index (κ2) is 9.16. The summed E-state index contributed by atoms with van der Waals surface area (Å²) in [5, 5.41) is 12.8. The van der Waals surface area contributed by atoms with Crippen LogP contribution in [-0.2, 0) is 6.61 Å². The van der Waals surface area contributed by atoms with E-state index in [1.807, 2.05) is 50.2 Å². The topological polar surface area (TPSA) is 92.9 Å². The minimum Gasteiger partial charge on any atom is -0.478 e. The van der Waals surface area contributed by atoms with Gasteiger partial charge in [0.2, 0.25) is 5.88 Å². The first-order valence-electron chi connectivity index (χ1n) is 10.6. The number of aromatic nitrogens is 2. The number of ether oxygens (including phenoxy) is 1. The van der Waals surface area contributed by atoms with Crippen molar-refractivity contribution in [2.24, 2.45) is 0 Å². The molecule has 2 N–H and O–H groups in total. The molecule has 2 aromatic carbocycles. The van der Waals surface area contributed by atoms with Gasteiger partial charge in [-0.3, -0.25) is 9.20 Å². The van der Waals surface area contributed by atoms with Gasteiger partial charge in [-0.1, -0.05) is 42.5 Å². The largest absolute Gasteiger partial charge is 0.478 e. The Hall–Kier alpha value is -4.13. The molecule has 33 heavy (non-hydrogen) atoms. The maximum atomic E-state index is 13.1. The van der Waals surface area contributed by atoms with E-state index in [-0.39, 0.29) is 23.0 Å². The molecule has 0 aliphatic heterocycles. The Morgan fingerprint density at radius 1 is 1.12 bits per heavy atom. The van der Waals surface area contributed by atoms with E-state index < -0.39 is 5.97 Å². The highest BCUT2D eigenvalue weighted by Crippen LogP contribution is 2.27. The first-order valence-corrected chi connectivity index (χ1v) is 10.6. The zero-order valence-electron chi connectivity index (χ0n) is 18.7. The van der Waals surface area contributed by atoms with E-state index in [4.69, 9.17) is 9.72 Å². The van der Waals surface area contributed by atoms with Gasteiger partial charge in [0, 0.05) is 17.4 Å². The van der Waals surface area contributed by atoms with Gasteiger partial charge in [0.25, 0.3) is 5.56 Å². The lowest BCUT2D eigenvalue weighted by atomic mass is 10.1. The van der Waals surface area contributed by atoms with Crippen LogP contribution < -0.4 is 15.6 Å². The van der Waals surface area contributed by atoms with Gasteiger partial charge >= 0.3 is 5.97 Å². The number of benzene rings is 2. The molecule has 0 saturated heterocycles. The quantitative estimate of drug-likeness (QED) is 0.428. The summed E-state index contributed by atoms with van der Waals surface area (Å²) in [5.41, 5.74) is 3.98. The number of carboxylic acid groups (broad SMARTS) is 1. The van der Waals surface area contributed by atoms with Crippen LogP contribution in [0.2, 0.25) is 0 Å². The number of nitrogens with one attached hydrogen (secondary N) is 1. The first kappa shape index (κ1) is 22.1. The Bertz CT molecular complexity index is 1380. The van der Waals surface area contributed by atoms with Crippen LogP contribution in [0.5, 0.6) is 5.88 Å². The highest BCUT2D eigenvalue weighted by atomic mass is 16.5. The number of aromatic carboxylic acids is 1. The molecule has 2 heterocycles. The highest BCUT2D eigenvalue weighted by molar-refractivity contribution is 5.94. The smallest absolute Gasteiger partial charge is 0.337 e. The number of nitrogens with zero attached hydrogens (tertiary/aromatic N) is 2. The molecule has 7 nitrogen and oxygen atoms in total. The van der Waals surface area contributed by atoms with Gasteiger partial charge in [0.1, 0.15) is 12.3 Å². The number of anilines is 1. The van der Waals surface area contributed by atoms with Crippen LogP contribution in [0.4, 0.5) is 5.69 Å². The maximum absolute atomic E-state index is 13.1. The molecule has 168 valence electrons. The standard InChI is InChI=1S/C26H25N3O4/c1-16-13-21(18(3)27-22-12-8-7-11-20(22)26(31)32)23-28-24(17(2)25(30)29(23)14-16)33-15-19-9-5-4-6-10-19/h4-14,18,27H,15H2,1-3H3,(H,31,32)/t18-/m1/s1. The van der Waals surface area contributed by atoms with Crippen LogP contribution in [0, 0.1) is 13.8 Å². The molecule has 2 aromatic heterocycles. The molecule has 0 spiro atoms. The molecule has 0 amide bonds. The molecule has 4 aromatic rings. The van der Waals surface area contributed by atoms with E-state index in [1.165, 1.54) is 4.40 Å². The number of rotatable bonds is 7. The van der Waals surface area contributed by atoms with E-state index >= 15 is 0 Å². The lowest BCUT2D eigenvalue weighted by Gasteiger charge is -2.20. The van der Waals surface area contributed by atoms with Gasteiger partial charge in [-0.2, -0.15) is 4.98 Å². The fourth-order valence-corrected chi connectivity index (χ4v) is 3.77. The molecule has 0 aliphatic carbocycles. The van der Waals surface area contributed by atoms with E-state index in [2.05, 4.69) is 5.32 Å². The Balaban J connectivity index is 1.75. The van der Waals surface area contributed by atoms with Crippen LogP contribution >= 0.6 is 0 Å². The van der Waals surface area contributed by atoms with E-state index in [0.717, 1.165) is 16.7 Å². The molecule has 0 aliphatic rings. The number of para-hydroxylation sites is 1. The number of aryl methyl sites for hydroxylation is 1. The van der Waals surface area contributed by atoms with Crippen molar-refractivity contribution in [1.82, 2.24) is 9.38 Å². The molecule has 1 atom stereocenters. The van der Waals surface area contributed by atoms with Crippen LogP contribution in [0.25, 0.3) is 5.65 Å². The fourth-order valence-electron chi connectivity index (χ4n) is 3.77. The highest BCUT2D eigenvalue weighted by Gasteiger charge is 2.19. The second-order valence-electron chi connectivity index (χ2n) is 8.00. The predicted octanol–water partition coefficient (Wildman–Crippen LogP) is 4.76. The van der Waals surface area contributed by atoms with E-state index in [9.17, 15) is 14.7 Å². The molecule has 7 heteroatoms. The molecule has 0 unspecified atom stereocenters. The summed E-state index contributed by atoms with van der Waals surface area (Å²) in [4.78, 5) is 29.4. The third-order valence-corrected chi connectivity index (χ3v) is 5.48. The molecule has 0 bridgehead atoms.